The van der Waals surface area contributed by atoms with Crippen LogP contribution in [0.3, 0.4) is 0 Å². The minimum Gasteiger partial charge on any atom is -0.298 e. The molecular formula is C24H18N4OS. The van der Waals surface area contributed by atoms with Crippen molar-refractivity contribution in [2.24, 2.45) is 0 Å². The van der Waals surface area contributed by atoms with Gasteiger partial charge in [0.05, 0.1) is 27.3 Å². The normalized spacial score (nSPS) is 11.0. The molecule has 0 fully saturated rings. The molecule has 0 bridgehead atoms. The zero-order valence-electron chi connectivity index (χ0n) is 16.2. The van der Waals surface area contributed by atoms with Gasteiger partial charge in [0.1, 0.15) is 0 Å². The number of thiazole rings is 1. The number of nitrogens with zero attached hydrogens (tertiary/aromatic N) is 3. The lowest BCUT2D eigenvalue weighted by atomic mass is 10.1. The number of carbonyl (C=O) groups excluding carboxylic acids is 1. The molecule has 1 N–H and O–H groups in total. The number of aryl methyl sites for hydroxylation is 1. The van der Waals surface area contributed by atoms with Gasteiger partial charge in [0.25, 0.3) is 5.91 Å². The third-order valence-corrected chi connectivity index (χ3v) is 5.74. The van der Waals surface area contributed by atoms with Crippen molar-refractivity contribution >= 4 is 32.6 Å². The first kappa shape index (κ1) is 18.3. The van der Waals surface area contributed by atoms with Crippen LogP contribution in [0.5, 0.6) is 0 Å². The van der Waals surface area contributed by atoms with E-state index in [-0.39, 0.29) is 5.91 Å². The minimum atomic E-state index is -0.180. The van der Waals surface area contributed by atoms with E-state index < -0.39 is 0 Å². The summed E-state index contributed by atoms with van der Waals surface area (Å²) in [4.78, 5) is 17.1. The quantitative estimate of drug-likeness (QED) is 0.413. The Morgan fingerprint density at radius 2 is 1.67 bits per heavy atom. The number of carbonyl (C=O) groups is 1. The molecule has 0 spiro atoms. The van der Waals surface area contributed by atoms with Gasteiger partial charge in [0.15, 0.2) is 5.13 Å². The fourth-order valence-electron chi connectivity index (χ4n) is 3.36. The van der Waals surface area contributed by atoms with Gasteiger partial charge in [-0.1, -0.05) is 53.8 Å². The molecule has 146 valence electrons. The smallest absolute Gasteiger partial charge is 0.257 e. The van der Waals surface area contributed by atoms with Crippen LogP contribution >= 0.6 is 11.3 Å². The van der Waals surface area contributed by atoms with Crippen LogP contribution in [0, 0.1) is 6.92 Å². The monoisotopic (exact) mass is 410 g/mol. The van der Waals surface area contributed by atoms with E-state index in [1.807, 2.05) is 78.3 Å². The van der Waals surface area contributed by atoms with Crippen molar-refractivity contribution in [1.29, 1.82) is 0 Å². The Labute approximate surface area is 177 Å². The summed E-state index contributed by atoms with van der Waals surface area (Å²) in [7, 11) is 0. The van der Waals surface area contributed by atoms with Gasteiger partial charge in [-0.3, -0.25) is 10.1 Å². The van der Waals surface area contributed by atoms with Crippen molar-refractivity contribution in [2.75, 3.05) is 5.32 Å². The van der Waals surface area contributed by atoms with Gasteiger partial charge in [-0.25, -0.2) is 9.67 Å². The highest BCUT2D eigenvalue weighted by atomic mass is 32.1. The zero-order chi connectivity index (χ0) is 20.5. The van der Waals surface area contributed by atoms with Gasteiger partial charge in [-0.05, 0) is 49.4 Å². The first-order chi connectivity index (χ1) is 14.7. The van der Waals surface area contributed by atoms with Gasteiger partial charge in [-0.15, -0.1) is 0 Å². The second-order valence-electron chi connectivity index (χ2n) is 6.94. The highest BCUT2D eigenvalue weighted by Crippen LogP contribution is 2.26. The van der Waals surface area contributed by atoms with Gasteiger partial charge < -0.3 is 0 Å². The summed E-state index contributed by atoms with van der Waals surface area (Å²) in [6.07, 6.45) is 0. The van der Waals surface area contributed by atoms with Gasteiger partial charge in [-0.2, -0.15) is 5.10 Å². The highest BCUT2D eigenvalue weighted by molar-refractivity contribution is 7.22. The maximum atomic E-state index is 12.7. The summed E-state index contributed by atoms with van der Waals surface area (Å²) in [6, 6.07) is 27.5. The molecule has 0 aliphatic carbocycles. The van der Waals surface area contributed by atoms with E-state index in [1.165, 1.54) is 11.3 Å². The van der Waals surface area contributed by atoms with Gasteiger partial charge in [0, 0.05) is 11.1 Å². The van der Waals surface area contributed by atoms with Crippen LogP contribution in [0.25, 0.3) is 27.2 Å². The van der Waals surface area contributed by atoms with Crippen molar-refractivity contribution in [3.05, 3.63) is 96.2 Å². The molecule has 5 aromatic rings. The van der Waals surface area contributed by atoms with E-state index in [0.29, 0.717) is 10.7 Å². The number of anilines is 1. The average Bonchev–Trinajstić information content (AvgIpc) is 3.37. The Morgan fingerprint density at radius 1 is 0.933 bits per heavy atom. The van der Waals surface area contributed by atoms with Crippen molar-refractivity contribution in [3.63, 3.8) is 0 Å². The Kier molecular flexibility index (Phi) is 4.61. The van der Waals surface area contributed by atoms with Crippen LogP contribution in [0.1, 0.15) is 16.1 Å². The van der Waals surface area contributed by atoms with E-state index in [9.17, 15) is 4.79 Å². The van der Waals surface area contributed by atoms with Gasteiger partial charge in [0.2, 0.25) is 0 Å². The van der Waals surface area contributed by atoms with E-state index in [2.05, 4.69) is 33.6 Å². The topological polar surface area (TPSA) is 59.8 Å². The van der Waals surface area contributed by atoms with Crippen LogP contribution in [0.15, 0.2) is 84.9 Å². The number of nitrogens with one attached hydrogen (secondary N) is 1. The Hall–Kier alpha value is -3.77. The largest absolute Gasteiger partial charge is 0.298 e. The third kappa shape index (κ3) is 3.49. The SMILES string of the molecule is Cc1cc(-c2ccccc2)n(-c2ccc(C(=O)Nc3nc4ccccc4s3)cc2)n1. The number of amides is 1. The molecule has 0 aliphatic rings. The summed E-state index contributed by atoms with van der Waals surface area (Å²) in [5.41, 5.74) is 5.40. The Balaban J connectivity index is 1.40. The molecule has 5 rings (SSSR count). The lowest BCUT2D eigenvalue weighted by Gasteiger charge is -2.09. The lowest BCUT2D eigenvalue weighted by molar-refractivity contribution is 0.102. The van der Waals surface area contributed by atoms with Crippen molar-refractivity contribution in [3.8, 4) is 16.9 Å². The first-order valence-corrected chi connectivity index (χ1v) is 10.4. The summed E-state index contributed by atoms with van der Waals surface area (Å²) < 4.78 is 2.95. The minimum absolute atomic E-state index is 0.180. The number of para-hydroxylation sites is 1. The van der Waals surface area contributed by atoms with Crippen LogP contribution in [-0.4, -0.2) is 20.7 Å². The second kappa shape index (κ2) is 7.57. The van der Waals surface area contributed by atoms with E-state index >= 15 is 0 Å². The first-order valence-electron chi connectivity index (χ1n) is 9.57. The third-order valence-electron chi connectivity index (χ3n) is 4.79. The summed E-state index contributed by atoms with van der Waals surface area (Å²) in [6.45, 7) is 1.97. The van der Waals surface area contributed by atoms with E-state index in [0.717, 1.165) is 32.9 Å². The standard InChI is InChI=1S/C24H18N4OS/c1-16-15-21(17-7-3-2-4-8-17)28(27-16)19-13-11-18(12-14-19)23(29)26-24-25-20-9-5-6-10-22(20)30-24/h2-15H,1H3,(H,25,26,29). The highest BCUT2D eigenvalue weighted by Gasteiger charge is 2.12. The molecule has 0 unspecified atom stereocenters. The Bertz CT molecular complexity index is 1300. The molecule has 0 atom stereocenters. The molecule has 0 saturated carbocycles. The second-order valence-corrected chi connectivity index (χ2v) is 7.97. The van der Waals surface area contributed by atoms with Crippen molar-refractivity contribution in [2.45, 2.75) is 6.92 Å². The number of fused-ring (bicyclic) bond motifs is 1. The van der Waals surface area contributed by atoms with Crippen LogP contribution < -0.4 is 5.32 Å². The molecule has 0 saturated heterocycles. The van der Waals surface area contributed by atoms with Gasteiger partial charge >= 0.3 is 0 Å². The molecule has 0 aliphatic heterocycles. The fourth-order valence-corrected chi connectivity index (χ4v) is 4.22. The molecule has 5 nitrogen and oxygen atoms in total. The molecule has 2 heterocycles. The van der Waals surface area contributed by atoms with Crippen LogP contribution in [-0.2, 0) is 0 Å². The van der Waals surface area contributed by atoms with E-state index in [4.69, 9.17) is 0 Å². The summed E-state index contributed by atoms with van der Waals surface area (Å²) in [5.74, 6) is -0.180. The molecule has 30 heavy (non-hydrogen) atoms. The lowest BCUT2D eigenvalue weighted by Crippen LogP contribution is -2.11. The fraction of sp³-hybridized carbons (Fsp3) is 0.0417. The molecule has 6 heteroatoms. The molecular weight excluding hydrogens is 392 g/mol. The number of hydrogen-bond donors (Lipinski definition) is 1. The van der Waals surface area contributed by atoms with Crippen molar-refractivity contribution in [1.82, 2.24) is 14.8 Å². The number of rotatable bonds is 4. The zero-order valence-corrected chi connectivity index (χ0v) is 17.1. The predicted octanol–water partition coefficient (Wildman–Crippen LogP) is 5.71. The molecule has 1 amide bonds. The van der Waals surface area contributed by atoms with Crippen LogP contribution in [0.2, 0.25) is 0 Å². The molecule has 2 aromatic heterocycles. The number of benzene rings is 3. The van der Waals surface area contributed by atoms with Crippen molar-refractivity contribution < 1.29 is 4.79 Å². The molecule has 3 aromatic carbocycles. The molecule has 0 radical (unpaired) electrons. The summed E-state index contributed by atoms with van der Waals surface area (Å²) >= 11 is 1.47. The Morgan fingerprint density at radius 3 is 2.43 bits per heavy atom. The number of hydrogen-bond acceptors (Lipinski definition) is 4. The number of aromatic nitrogens is 3. The maximum Gasteiger partial charge on any atom is 0.257 e. The van der Waals surface area contributed by atoms with E-state index in [1.54, 1.807) is 0 Å². The van der Waals surface area contributed by atoms with Crippen LogP contribution in [0.4, 0.5) is 5.13 Å². The predicted molar refractivity (Wildman–Crippen MR) is 121 cm³/mol. The average molecular weight is 411 g/mol. The maximum absolute atomic E-state index is 12.7. The summed E-state index contributed by atoms with van der Waals surface area (Å²) in [5, 5.41) is 8.12.